The molecule has 2 atom stereocenters. The van der Waals surface area contributed by atoms with Gasteiger partial charge in [0, 0.05) is 0 Å². The number of hydrogen-bond donors (Lipinski definition) is 0. The molecule has 0 saturated carbocycles. The number of pyridine rings is 1. The van der Waals surface area contributed by atoms with E-state index < -0.39 is 20.1 Å². The van der Waals surface area contributed by atoms with Gasteiger partial charge in [-0.2, -0.15) is 0 Å². The molecular weight excluding hydrogens is 559 g/mol. The van der Waals surface area contributed by atoms with E-state index in [0.29, 0.717) is 11.8 Å². The van der Waals surface area contributed by atoms with E-state index in [4.69, 9.17) is 16.6 Å². The van der Waals surface area contributed by atoms with E-state index in [2.05, 4.69) is 73.1 Å². The first-order chi connectivity index (χ1) is 16.0. The maximum absolute atomic E-state index is 6.54. The second kappa shape index (κ2) is 11.4. The van der Waals surface area contributed by atoms with Crippen molar-refractivity contribution in [3.8, 4) is 11.1 Å². The molecule has 176 valence electrons. The number of halogens is 2. The van der Waals surface area contributed by atoms with E-state index in [0.717, 1.165) is 10.8 Å². The van der Waals surface area contributed by atoms with Gasteiger partial charge in [0.2, 0.25) is 0 Å². The molecule has 0 fully saturated rings. The maximum atomic E-state index is 6.54. The van der Waals surface area contributed by atoms with Gasteiger partial charge in [0.05, 0.1) is 0 Å². The Balaban J connectivity index is 1.78. The Kier molecular flexibility index (Phi) is 8.53. The predicted molar refractivity (Wildman–Crippen MR) is 154 cm³/mol. The van der Waals surface area contributed by atoms with Crippen LogP contribution in [0.15, 0.2) is 61.4 Å². The molecule has 2 unspecified atom stereocenters. The first kappa shape index (κ1) is 24.7. The van der Waals surface area contributed by atoms with Crippen LogP contribution < -0.4 is 0 Å². The van der Waals surface area contributed by atoms with Crippen molar-refractivity contribution in [3.63, 3.8) is 0 Å². The van der Waals surface area contributed by atoms with Crippen LogP contribution >= 0.6 is 43.0 Å². The SMILES string of the molecule is C=CN(C)I1Cc2sc(Cl)cc2C(c2ccccc2-c2cccnc2CC(CC)CCC)C1. The van der Waals surface area contributed by atoms with Gasteiger partial charge in [-0.3, -0.25) is 0 Å². The molecule has 1 aliphatic rings. The van der Waals surface area contributed by atoms with Crippen LogP contribution in [0.1, 0.15) is 60.7 Å². The van der Waals surface area contributed by atoms with E-state index in [1.54, 1.807) is 11.3 Å². The topological polar surface area (TPSA) is 16.1 Å². The molecule has 2 aromatic heterocycles. The molecular formula is C28H34ClIN2S. The third-order valence-corrected chi connectivity index (χ3v) is 14.6. The predicted octanol–water partition coefficient (Wildman–Crippen LogP) is 8.97. The summed E-state index contributed by atoms with van der Waals surface area (Å²) in [6.45, 7) is 8.65. The van der Waals surface area contributed by atoms with Crippen molar-refractivity contribution < 1.29 is 0 Å². The average molecular weight is 593 g/mol. The van der Waals surface area contributed by atoms with E-state index in [1.807, 2.05) is 12.4 Å². The summed E-state index contributed by atoms with van der Waals surface area (Å²) in [6, 6.07) is 15.6. The van der Waals surface area contributed by atoms with Gasteiger partial charge in [-0.15, -0.1) is 0 Å². The molecule has 33 heavy (non-hydrogen) atoms. The molecule has 1 aromatic carbocycles. The first-order valence-corrected chi connectivity index (χ1v) is 17.0. The Morgan fingerprint density at radius 2 is 2.00 bits per heavy atom. The second-order valence-corrected chi connectivity index (χ2v) is 16.1. The molecule has 3 heterocycles. The zero-order valence-corrected chi connectivity index (χ0v) is 23.6. The van der Waals surface area contributed by atoms with Gasteiger partial charge in [-0.1, -0.05) is 0 Å². The van der Waals surface area contributed by atoms with Gasteiger partial charge in [0.1, 0.15) is 0 Å². The Morgan fingerprint density at radius 3 is 2.76 bits per heavy atom. The number of alkyl halides is 2. The van der Waals surface area contributed by atoms with Crippen LogP contribution in [0.2, 0.25) is 4.34 Å². The second-order valence-electron chi connectivity index (χ2n) is 8.76. The molecule has 1 aliphatic heterocycles. The molecule has 4 rings (SSSR count). The summed E-state index contributed by atoms with van der Waals surface area (Å²) in [5, 5.41) is 0. The van der Waals surface area contributed by atoms with Crippen molar-refractivity contribution in [2.45, 2.75) is 49.9 Å². The normalized spacial score (nSPS) is 17.5. The van der Waals surface area contributed by atoms with Gasteiger partial charge < -0.3 is 0 Å². The first-order valence-electron chi connectivity index (χ1n) is 11.8. The van der Waals surface area contributed by atoms with Crippen LogP contribution in [0.4, 0.5) is 0 Å². The van der Waals surface area contributed by atoms with E-state index in [9.17, 15) is 0 Å². The molecule has 0 radical (unpaired) electrons. The molecule has 0 bridgehead atoms. The molecule has 2 nitrogen and oxygen atoms in total. The third kappa shape index (κ3) is 5.49. The summed E-state index contributed by atoms with van der Waals surface area (Å²) in [6.07, 6.45) is 8.71. The van der Waals surface area contributed by atoms with Crippen LogP contribution in [-0.4, -0.2) is 19.6 Å². The van der Waals surface area contributed by atoms with Crippen molar-refractivity contribution in [2.24, 2.45) is 5.92 Å². The van der Waals surface area contributed by atoms with E-state index in [-0.39, 0.29) is 0 Å². The molecule has 0 amide bonds. The summed E-state index contributed by atoms with van der Waals surface area (Å²) >= 11 is 6.92. The molecule has 0 N–H and O–H groups in total. The van der Waals surface area contributed by atoms with E-state index >= 15 is 0 Å². The minimum absolute atomic E-state index is 0.381. The fraction of sp³-hybridized carbons (Fsp3) is 0.393. The average Bonchev–Trinajstić information content (AvgIpc) is 3.23. The Bertz CT molecular complexity index is 1100. The molecule has 0 saturated heterocycles. The summed E-state index contributed by atoms with van der Waals surface area (Å²) in [4.78, 5) is 6.36. The van der Waals surface area contributed by atoms with Crippen molar-refractivity contribution in [1.29, 1.82) is 0 Å². The van der Waals surface area contributed by atoms with Crippen LogP contribution in [0.25, 0.3) is 11.1 Å². The van der Waals surface area contributed by atoms with Gasteiger partial charge in [0.15, 0.2) is 0 Å². The fourth-order valence-corrected chi connectivity index (χ4v) is 12.6. The van der Waals surface area contributed by atoms with Gasteiger partial charge in [0.25, 0.3) is 0 Å². The molecule has 5 heteroatoms. The van der Waals surface area contributed by atoms with Crippen LogP contribution in [0.5, 0.6) is 0 Å². The quantitative estimate of drug-likeness (QED) is 0.140. The van der Waals surface area contributed by atoms with Crippen molar-refractivity contribution in [1.82, 2.24) is 8.10 Å². The summed E-state index contributed by atoms with van der Waals surface area (Å²) in [5.41, 5.74) is 6.73. The van der Waals surface area contributed by atoms with E-state index in [1.165, 1.54) is 60.9 Å². The number of hydrogen-bond acceptors (Lipinski definition) is 3. The van der Waals surface area contributed by atoms with Crippen LogP contribution in [0, 0.1) is 5.92 Å². The minimum atomic E-state index is -1.39. The number of fused-ring (bicyclic) bond motifs is 1. The van der Waals surface area contributed by atoms with Crippen LogP contribution in [-0.2, 0) is 10.8 Å². The monoisotopic (exact) mass is 592 g/mol. The summed E-state index contributed by atoms with van der Waals surface area (Å²) in [5.74, 6) is 1.07. The standard InChI is InChI=1S/C28H34ClIN2S/c1-5-11-20(6-2)16-26-23(14-10-15-31-26)21-12-8-9-13-22(21)25-18-30(32(4)7-3)19-27-24(25)17-28(29)33-27/h7-10,12-15,17,20,25H,3,5-6,11,16,18-19H2,1-2,4H3. The van der Waals surface area contributed by atoms with Gasteiger partial charge in [-0.05, 0) is 0 Å². The zero-order chi connectivity index (χ0) is 23.4. The van der Waals surface area contributed by atoms with Crippen LogP contribution in [0.3, 0.4) is 0 Å². The number of aromatic nitrogens is 1. The number of thiophene rings is 1. The van der Waals surface area contributed by atoms with Crippen molar-refractivity contribution in [3.05, 3.63) is 87.5 Å². The summed E-state index contributed by atoms with van der Waals surface area (Å²) < 4.78 is 5.73. The Hall–Kier alpha value is -1.37. The number of nitrogens with zero attached hydrogens (tertiary/aromatic N) is 2. The van der Waals surface area contributed by atoms with Crippen molar-refractivity contribution in [2.75, 3.05) is 11.5 Å². The number of rotatable bonds is 9. The zero-order valence-electron chi connectivity index (χ0n) is 19.9. The Morgan fingerprint density at radius 1 is 1.21 bits per heavy atom. The summed E-state index contributed by atoms with van der Waals surface area (Å²) in [7, 11) is 2.21. The fourth-order valence-electron chi connectivity index (χ4n) is 4.84. The molecule has 0 aliphatic carbocycles. The van der Waals surface area contributed by atoms with Gasteiger partial charge >= 0.3 is 217 Å². The molecule has 3 aromatic rings. The Labute approximate surface area is 215 Å². The molecule has 0 spiro atoms. The third-order valence-electron chi connectivity index (χ3n) is 6.70. The van der Waals surface area contributed by atoms with Gasteiger partial charge in [-0.25, -0.2) is 0 Å². The van der Waals surface area contributed by atoms with Crippen molar-refractivity contribution >= 4 is 43.0 Å². The number of benzene rings is 1.